The van der Waals surface area contributed by atoms with Crippen LogP contribution < -0.4 is 0 Å². The van der Waals surface area contributed by atoms with Crippen LogP contribution in [0.5, 0.6) is 0 Å². The van der Waals surface area contributed by atoms with E-state index in [2.05, 4.69) is 30.5 Å². The van der Waals surface area contributed by atoms with Crippen molar-refractivity contribution in [1.29, 1.82) is 0 Å². The highest BCUT2D eigenvalue weighted by Gasteiger charge is 2.51. The maximum absolute atomic E-state index is 10.3. The molecule has 0 spiro atoms. The van der Waals surface area contributed by atoms with Crippen LogP contribution >= 0.6 is 0 Å². The summed E-state index contributed by atoms with van der Waals surface area (Å²) in [6.45, 7) is 10.3. The highest BCUT2D eigenvalue weighted by Crippen LogP contribution is 2.61. The third-order valence-electron chi connectivity index (χ3n) is 8.70. The van der Waals surface area contributed by atoms with E-state index in [4.69, 9.17) is 0 Å². The second-order valence-electron chi connectivity index (χ2n) is 9.81. The maximum atomic E-state index is 10.3. The average molecular weight is 358 g/mol. The largest absolute Gasteiger partial charge is 0.393 e. The van der Waals surface area contributed by atoms with Gasteiger partial charge in [-0.3, -0.25) is 4.68 Å². The third-order valence-corrected chi connectivity index (χ3v) is 8.70. The molecule has 1 heterocycles. The minimum absolute atomic E-state index is 0.121. The Balaban J connectivity index is 1.49. The Morgan fingerprint density at radius 3 is 2.81 bits per heavy atom. The van der Waals surface area contributed by atoms with E-state index in [0.717, 1.165) is 37.6 Å². The summed E-state index contributed by atoms with van der Waals surface area (Å²) in [5.41, 5.74) is 2.26. The van der Waals surface area contributed by atoms with Crippen LogP contribution in [0.3, 0.4) is 0 Å². The molecule has 0 aliphatic heterocycles. The highest BCUT2D eigenvalue weighted by molar-refractivity contribution is 5.19. The zero-order chi connectivity index (χ0) is 18.4. The van der Waals surface area contributed by atoms with E-state index in [1.54, 1.807) is 6.33 Å². The number of hydrogen-bond acceptors (Lipinski definition) is 3. The molecular weight excluding hydrogens is 322 g/mol. The van der Waals surface area contributed by atoms with Gasteiger partial charge in [0.1, 0.15) is 12.7 Å². The molecule has 4 rings (SSSR count). The van der Waals surface area contributed by atoms with Gasteiger partial charge in [0.05, 0.1) is 6.10 Å². The second kappa shape index (κ2) is 6.78. The number of fused-ring (bicyclic) bond motifs is 1. The lowest BCUT2D eigenvalue weighted by atomic mass is 9.52. The number of nitrogens with zero attached hydrogens (tertiary/aromatic N) is 3. The van der Waals surface area contributed by atoms with Crippen molar-refractivity contribution in [2.75, 3.05) is 0 Å². The molecular formula is C22H35N3O. The molecule has 3 aliphatic rings. The number of aryl methyl sites for hydroxylation is 1. The van der Waals surface area contributed by atoms with E-state index >= 15 is 0 Å². The lowest BCUT2D eigenvalue weighted by molar-refractivity contribution is -0.0531. The van der Waals surface area contributed by atoms with Crippen LogP contribution in [0.2, 0.25) is 0 Å². The first kappa shape index (κ1) is 18.2. The molecule has 0 radical (unpaired) electrons. The van der Waals surface area contributed by atoms with Crippen molar-refractivity contribution in [3.05, 3.63) is 24.8 Å². The summed E-state index contributed by atoms with van der Waals surface area (Å²) in [6.07, 6.45) is 14.1. The number of hydrogen-bond donors (Lipinski definition) is 1. The summed E-state index contributed by atoms with van der Waals surface area (Å²) in [6, 6.07) is 0. The molecule has 0 bridgehead atoms. The molecule has 0 saturated heterocycles. The first-order chi connectivity index (χ1) is 12.4. The number of rotatable bonds is 4. The first-order valence-electron chi connectivity index (χ1n) is 10.6. The Hall–Kier alpha value is -1.16. The molecule has 6 atom stereocenters. The normalized spacial score (nSPS) is 43.4. The number of aliphatic hydroxyl groups is 1. The zero-order valence-electron chi connectivity index (χ0n) is 16.5. The monoisotopic (exact) mass is 357 g/mol. The van der Waals surface area contributed by atoms with Gasteiger partial charge in [-0.2, -0.15) is 5.10 Å². The van der Waals surface area contributed by atoms with Crippen molar-refractivity contribution in [2.45, 2.75) is 84.3 Å². The summed E-state index contributed by atoms with van der Waals surface area (Å²) in [7, 11) is 0. The minimum Gasteiger partial charge on any atom is -0.393 e. The Bertz CT molecular complexity index is 642. The van der Waals surface area contributed by atoms with Crippen molar-refractivity contribution in [2.24, 2.45) is 28.6 Å². The predicted molar refractivity (Wildman–Crippen MR) is 103 cm³/mol. The maximum Gasteiger partial charge on any atom is 0.137 e. The summed E-state index contributed by atoms with van der Waals surface area (Å²) in [5, 5.41) is 14.6. The van der Waals surface area contributed by atoms with Crippen LogP contribution in [0, 0.1) is 28.6 Å². The van der Waals surface area contributed by atoms with Gasteiger partial charge in [-0.05, 0) is 86.4 Å². The van der Waals surface area contributed by atoms with Gasteiger partial charge in [0.15, 0.2) is 0 Å². The molecule has 0 aromatic carbocycles. The van der Waals surface area contributed by atoms with Gasteiger partial charge < -0.3 is 5.11 Å². The van der Waals surface area contributed by atoms with E-state index in [0.29, 0.717) is 16.7 Å². The fraction of sp³-hybridized carbons (Fsp3) is 0.818. The summed E-state index contributed by atoms with van der Waals surface area (Å²) < 4.78 is 1.94. The smallest absolute Gasteiger partial charge is 0.137 e. The summed E-state index contributed by atoms with van der Waals surface area (Å²) >= 11 is 0. The SMILES string of the molecule is C=C1CCC2CC(C3(C)CCC(O)CC3CCn3cncn3)CCC12C. The third kappa shape index (κ3) is 3.04. The van der Waals surface area contributed by atoms with Gasteiger partial charge >= 0.3 is 0 Å². The highest BCUT2D eigenvalue weighted by atomic mass is 16.3. The van der Waals surface area contributed by atoms with Crippen LogP contribution in [0.4, 0.5) is 0 Å². The van der Waals surface area contributed by atoms with Gasteiger partial charge in [0.25, 0.3) is 0 Å². The first-order valence-corrected chi connectivity index (χ1v) is 10.6. The molecule has 3 saturated carbocycles. The van der Waals surface area contributed by atoms with Gasteiger partial charge in [-0.15, -0.1) is 0 Å². The predicted octanol–water partition coefficient (Wildman–Crippen LogP) is 4.61. The van der Waals surface area contributed by atoms with E-state index in [1.807, 2.05) is 11.0 Å². The van der Waals surface area contributed by atoms with Gasteiger partial charge in [0, 0.05) is 6.54 Å². The molecule has 1 aromatic heterocycles. The van der Waals surface area contributed by atoms with Gasteiger partial charge in [0.2, 0.25) is 0 Å². The van der Waals surface area contributed by atoms with Crippen LogP contribution in [-0.4, -0.2) is 26.0 Å². The molecule has 6 unspecified atom stereocenters. The van der Waals surface area contributed by atoms with Crippen molar-refractivity contribution in [1.82, 2.24) is 14.8 Å². The number of allylic oxidation sites excluding steroid dienone is 1. The van der Waals surface area contributed by atoms with Crippen molar-refractivity contribution < 1.29 is 5.11 Å². The van der Waals surface area contributed by atoms with Crippen LogP contribution in [-0.2, 0) is 6.54 Å². The Morgan fingerprint density at radius 2 is 2.04 bits per heavy atom. The van der Waals surface area contributed by atoms with Crippen molar-refractivity contribution >= 4 is 0 Å². The molecule has 1 aromatic rings. The van der Waals surface area contributed by atoms with Crippen molar-refractivity contribution in [3.8, 4) is 0 Å². The zero-order valence-corrected chi connectivity index (χ0v) is 16.5. The molecule has 4 heteroatoms. The Labute approximate surface area is 158 Å². The van der Waals surface area contributed by atoms with Gasteiger partial charge in [-0.25, -0.2) is 4.98 Å². The number of aliphatic hydroxyl groups excluding tert-OH is 1. The molecule has 3 aliphatic carbocycles. The molecule has 3 fully saturated rings. The average Bonchev–Trinajstić information content (AvgIpc) is 3.24. The van der Waals surface area contributed by atoms with E-state index in [-0.39, 0.29) is 6.10 Å². The van der Waals surface area contributed by atoms with E-state index < -0.39 is 0 Å². The lowest BCUT2D eigenvalue weighted by Crippen LogP contribution is -2.46. The molecule has 144 valence electrons. The Morgan fingerprint density at radius 1 is 1.19 bits per heavy atom. The summed E-state index contributed by atoms with van der Waals surface area (Å²) in [5.74, 6) is 2.20. The molecule has 1 N–H and O–H groups in total. The fourth-order valence-corrected chi connectivity index (χ4v) is 6.55. The van der Waals surface area contributed by atoms with Crippen LogP contribution in [0.25, 0.3) is 0 Å². The van der Waals surface area contributed by atoms with E-state index in [9.17, 15) is 5.11 Å². The fourth-order valence-electron chi connectivity index (χ4n) is 6.55. The van der Waals surface area contributed by atoms with Crippen molar-refractivity contribution in [3.63, 3.8) is 0 Å². The van der Waals surface area contributed by atoms with Crippen LogP contribution in [0.1, 0.15) is 71.6 Å². The number of aromatic nitrogens is 3. The quantitative estimate of drug-likeness (QED) is 0.801. The topological polar surface area (TPSA) is 50.9 Å². The van der Waals surface area contributed by atoms with Gasteiger partial charge in [-0.1, -0.05) is 26.0 Å². The van der Waals surface area contributed by atoms with E-state index in [1.165, 1.54) is 44.1 Å². The molecule has 26 heavy (non-hydrogen) atoms. The van der Waals surface area contributed by atoms with Crippen LogP contribution in [0.15, 0.2) is 24.8 Å². The lowest BCUT2D eigenvalue weighted by Gasteiger charge is -2.53. The minimum atomic E-state index is -0.121. The molecule has 0 amide bonds. The Kier molecular flexibility index (Phi) is 4.75. The second-order valence-corrected chi connectivity index (χ2v) is 9.81. The standard InChI is InChI=1S/C22H35N3O/c1-16-4-5-17-12-18(6-9-21(16,17)2)22(3)10-7-20(26)13-19(22)8-11-25-15-23-14-24-25/h14-15,17-20,26H,1,4-13H2,2-3H3. The summed E-state index contributed by atoms with van der Waals surface area (Å²) in [4.78, 5) is 4.07. The molecule has 4 nitrogen and oxygen atoms in total.